The van der Waals surface area contributed by atoms with E-state index in [0.29, 0.717) is 0 Å². The first kappa shape index (κ1) is 14.5. The molecule has 0 aromatic rings. The maximum Gasteiger partial charge on any atom is 0.673 e. The summed E-state index contributed by atoms with van der Waals surface area (Å²) in [6.07, 6.45) is 0. The summed E-state index contributed by atoms with van der Waals surface area (Å²) in [5.41, 5.74) is 0. The summed E-state index contributed by atoms with van der Waals surface area (Å²) in [5, 5.41) is 0. The van der Waals surface area contributed by atoms with Crippen LogP contribution < -0.4 is 0 Å². The molecule has 0 rings (SSSR count). The SMILES string of the molecule is CC[Si](C)(C)O[P+](=O)O[Si](C)(C)CC. The van der Waals surface area contributed by atoms with Crippen molar-refractivity contribution < 1.29 is 13.0 Å². The Labute approximate surface area is 90.4 Å². The normalized spacial score (nSPS) is 13.0. The van der Waals surface area contributed by atoms with Crippen LogP contribution in [0.25, 0.3) is 0 Å². The summed E-state index contributed by atoms with van der Waals surface area (Å²) >= 11 is 0. The number of rotatable bonds is 6. The maximum atomic E-state index is 11.6. The third-order valence-corrected chi connectivity index (χ3v) is 10.9. The van der Waals surface area contributed by atoms with Crippen molar-refractivity contribution in [2.24, 2.45) is 0 Å². The lowest BCUT2D eigenvalue weighted by molar-refractivity contribution is 0.409. The van der Waals surface area contributed by atoms with Crippen LogP contribution in [-0.2, 0) is 13.0 Å². The lowest BCUT2D eigenvalue weighted by atomic mass is 11.0. The summed E-state index contributed by atoms with van der Waals surface area (Å²) < 4.78 is 22.5. The standard InChI is InChI=1S/C8H22O3PSi2/c1-7-13(3,4)10-12(9)11-14(5,6)8-2/h7-8H2,1-6H3/q+1. The van der Waals surface area contributed by atoms with Crippen LogP contribution in [0.1, 0.15) is 13.8 Å². The second-order valence-electron chi connectivity index (χ2n) is 4.63. The minimum atomic E-state index is -1.89. The van der Waals surface area contributed by atoms with Gasteiger partial charge in [-0.1, -0.05) is 13.8 Å². The lowest BCUT2D eigenvalue weighted by Gasteiger charge is -2.14. The Hall–Kier alpha value is 0.454. The Balaban J connectivity index is 4.12. The largest absolute Gasteiger partial charge is 0.673 e. The molecule has 0 radical (unpaired) electrons. The molecule has 3 nitrogen and oxygen atoms in total. The predicted molar refractivity (Wildman–Crippen MR) is 65.7 cm³/mol. The van der Waals surface area contributed by atoms with Gasteiger partial charge < -0.3 is 0 Å². The van der Waals surface area contributed by atoms with E-state index in [9.17, 15) is 4.57 Å². The van der Waals surface area contributed by atoms with Crippen LogP contribution >= 0.6 is 8.25 Å². The molecule has 0 heterocycles. The lowest BCUT2D eigenvalue weighted by Crippen LogP contribution is -2.30. The quantitative estimate of drug-likeness (QED) is 0.527. The third-order valence-electron chi connectivity index (χ3n) is 2.35. The fourth-order valence-electron chi connectivity index (χ4n) is 0.551. The van der Waals surface area contributed by atoms with Crippen LogP contribution in [0.3, 0.4) is 0 Å². The van der Waals surface area contributed by atoms with Gasteiger partial charge in [-0.05, 0) is 38.3 Å². The molecular weight excluding hydrogens is 231 g/mol. The Morgan fingerprint density at radius 2 is 1.21 bits per heavy atom. The molecule has 0 unspecified atom stereocenters. The van der Waals surface area contributed by atoms with Gasteiger partial charge in [0.1, 0.15) is 0 Å². The Morgan fingerprint density at radius 1 is 0.929 bits per heavy atom. The Morgan fingerprint density at radius 3 is 1.43 bits per heavy atom. The highest BCUT2D eigenvalue weighted by molar-refractivity contribution is 7.38. The van der Waals surface area contributed by atoms with E-state index in [1.165, 1.54) is 0 Å². The van der Waals surface area contributed by atoms with Crippen molar-refractivity contribution in [2.45, 2.75) is 52.1 Å². The summed E-state index contributed by atoms with van der Waals surface area (Å²) in [7, 11) is -5.37. The third kappa shape index (κ3) is 6.03. The Kier molecular flexibility index (Phi) is 5.69. The van der Waals surface area contributed by atoms with Gasteiger partial charge in [-0.3, -0.25) is 0 Å². The summed E-state index contributed by atoms with van der Waals surface area (Å²) in [6, 6.07) is 1.93. The van der Waals surface area contributed by atoms with Crippen molar-refractivity contribution in [3.63, 3.8) is 0 Å². The zero-order chi connectivity index (χ0) is 11.4. The van der Waals surface area contributed by atoms with Gasteiger partial charge in [-0.2, -0.15) is 8.43 Å². The molecule has 0 saturated carbocycles. The average molecular weight is 253 g/mol. The number of hydrogen-bond acceptors (Lipinski definition) is 3. The predicted octanol–water partition coefficient (Wildman–Crippen LogP) is 4.13. The van der Waals surface area contributed by atoms with Gasteiger partial charge in [0.2, 0.25) is 0 Å². The molecule has 0 saturated heterocycles. The van der Waals surface area contributed by atoms with Gasteiger partial charge >= 0.3 is 8.25 Å². The van der Waals surface area contributed by atoms with Gasteiger partial charge in [0.25, 0.3) is 16.6 Å². The van der Waals surface area contributed by atoms with E-state index in [2.05, 4.69) is 40.0 Å². The molecule has 14 heavy (non-hydrogen) atoms. The highest BCUT2D eigenvalue weighted by atomic mass is 31.1. The van der Waals surface area contributed by atoms with Gasteiger partial charge in [0.05, 0.1) is 0 Å². The van der Waals surface area contributed by atoms with Gasteiger partial charge in [-0.25, -0.2) is 0 Å². The summed E-state index contributed by atoms with van der Waals surface area (Å²) in [6.45, 7) is 12.4. The van der Waals surface area contributed by atoms with Crippen molar-refractivity contribution in [1.82, 2.24) is 0 Å². The molecule has 84 valence electrons. The zero-order valence-corrected chi connectivity index (χ0v) is 13.0. The molecule has 0 spiro atoms. The highest BCUT2D eigenvalue weighted by Gasteiger charge is 2.40. The second kappa shape index (κ2) is 5.51. The fourth-order valence-corrected chi connectivity index (χ4v) is 5.30. The van der Waals surface area contributed by atoms with E-state index < -0.39 is 24.9 Å². The average Bonchev–Trinajstić information content (AvgIpc) is 2.02. The van der Waals surface area contributed by atoms with Crippen molar-refractivity contribution in [3.05, 3.63) is 0 Å². The minimum Gasteiger partial charge on any atom is -0.177 e. The van der Waals surface area contributed by atoms with E-state index in [4.69, 9.17) is 8.43 Å². The van der Waals surface area contributed by atoms with Crippen LogP contribution in [0.2, 0.25) is 38.3 Å². The van der Waals surface area contributed by atoms with Crippen LogP contribution in [0, 0.1) is 0 Å². The van der Waals surface area contributed by atoms with Gasteiger partial charge in [0, 0.05) is 4.57 Å². The molecule has 0 atom stereocenters. The molecule has 0 fully saturated rings. The second-order valence-corrected chi connectivity index (χ2v) is 15.0. The molecule has 0 aliphatic rings. The Bertz CT molecular complexity index is 187. The van der Waals surface area contributed by atoms with Gasteiger partial charge in [0.15, 0.2) is 0 Å². The van der Waals surface area contributed by atoms with Crippen LogP contribution in [0.4, 0.5) is 0 Å². The molecular formula is C8H22O3PSi2+. The smallest absolute Gasteiger partial charge is 0.177 e. The summed E-state index contributed by atoms with van der Waals surface area (Å²) in [5.74, 6) is 0. The van der Waals surface area contributed by atoms with E-state index in [1.807, 2.05) is 0 Å². The van der Waals surface area contributed by atoms with Crippen LogP contribution in [0.5, 0.6) is 0 Å². The van der Waals surface area contributed by atoms with Crippen molar-refractivity contribution in [1.29, 1.82) is 0 Å². The van der Waals surface area contributed by atoms with Crippen molar-refractivity contribution in [2.75, 3.05) is 0 Å². The molecule has 0 amide bonds. The molecule has 0 aromatic carbocycles. The van der Waals surface area contributed by atoms with E-state index >= 15 is 0 Å². The summed E-state index contributed by atoms with van der Waals surface area (Å²) in [4.78, 5) is 0. The maximum absolute atomic E-state index is 11.6. The molecule has 0 bridgehead atoms. The monoisotopic (exact) mass is 253 g/mol. The molecule has 0 aliphatic heterocycles. The number of hydrogen-bond donors (Lipinski definition) is 0. The van der Waals surface area contributed by atoms with E-state index in [1.54, 1.807) is 0 Å². The molecule has 0 aliphatic carbocycles. The zero-order valence-electron chi connectivity index (χ0n) is 10.1. The molecule has 0 aromatic heterocycles. The first-order valence-electron chi connectivity index (χ1n) is 5.08. The first-order chi connectivity index (χ1) is 6.22. The molecule has 6 heteroatoms. The minimum absolute atomic E-state index is 0.964. The topological polar surface area (TPSA) is 35.5 Å². The van der Waals surface area contributed by atoms with Gasteiger partial charge in [-0.15, -0.1) is 0 Å². The fraction of sp³-hybridized carbons (Fsp3) is 1.00. The van der Waals surface area contributed by atoms with Crippen LogP contribution in [-0.4, -0.2) is 16.6 Å². The van der Waals surface area contributed by atoms with E-state index in [0.717, 1.165) is 12.1 Å². The van der Waals surface area contributed by atoms with Crippen molar-refractivity contribution in [3.8, 4) is 0 Å². The highest BCUT2D eigenvalue weighted by Crippen LogP contribution is 2.35. The van der Waals surface area contributed by atoms with E-state index in [-0.39, 0.29) is 0 Å². The first-order valence-corrected chi connectivity index (χ1v) is 12.4. The van der Waals surface area contributed by atoms with Crippen LogP contribution in [0.15, 0.2) is 0 Å². The molecule has 0 N–H and O–H groups in total. The van der Waals surface area contributed by atoms with Crippen molar-refractivity contribution >= 4 is 24.9 Å².